The molecule has 0 fully saturated rings. The third-order valence-corrected chi connectivity index (χ3v) is 4.50. The molecule has 2 aromatic heterocycles. The van der Waals surface area contributed by atoms with Crippen molar-refractivity contribution >= 4 is 28.1 Å². The Morgan fingerprint density at radius 2 is 2.17 bits per heavy atom. The van der Waals surface area contributed by atoms with Crippen LogP contribution >= 0.6 is 11.3 Å². The average Bonchev–Trinajstić information content (AvgIpc) is 3.08. The Kier molecular flexibility index (Phi) is 4.67. The molecule has 0 bridgehead atoms. The molecule has 0 aliphatic carbocycles. The van der Waals surface area contributed by atoms with Gasteiger partial charge in [-0.25, -0.2) is 9.37 Å². The molecule has 1 aromatic carbocycles. The van der Waals surface area contributed by atoms with Crippen molar-refractivity contribution in [1.29, 1.82) is 0 Å². The quantitative estimate of drug-likeness (QED) is 0.694. The molecule has 0 unspecified atom stereocenters. The van der Waals surface area contributed by atoms with Crippen LogP contribution in [0.25, 0.3) is 21.5 Å². The van der Waals surface area contributed by atoms with Crippen LogP contribution in [0.3, 0.4) is 0 Å². The minimum Gasteiger partial charge on any atom is -0.352 e. The Balaban J connectivity index is 2.08. The van der Waals surface area contributed by atoms with Gasteiger partial charge in [0, 0.05) is 11.9 Å². The summed E-state index contributed by atoms with van der Waals surface area (Å²) in [5.74, 6) is -0.556. The summed E-state index contributed by atoms with van der Waals surface area (Å²) in [5.41, 5.74) is 1.83. The van der Waals surface area contributed by atoms with Gasteiger partial charge in [-0.2, -0.15) is 0 Å². The first kappa shape index (κ1) is 15.6. The molecule has 3 nitrogen and oxygen atoms in total. The predicted octanol–water partition coefficient (Wildman–Crippen LogP) is 4.63. The summed E-state index contributed by atoms with van der Waals surface area (Å²) in [7, 11) is 0. The Morgan fingerprint density at radius 3 is 2.91 bits per heavy atom. The highest BCUT2D eigenvalue weighted by molar-refractivity contribution is 7.13. The second kappa shape index (κ2) is 6.87. The van der Waals surface area contributed by atoms with Crippen LogP contribution in [0.5, 0.6) is 0 Å². The van der Waals surface area contributed by atoms with E-state index in [-0.39, 0.29) is 11.7 Å². The molecule has 0 aliphatic rings. The third kappa shape index (κ3) is 3.40. The van der Waals surface area contributed by atoms with Crippen molar-refractivity contribution in [3.8, 4) is 10.6 Å². The van der Waals surface area contributed by atoms with E-state index in [0.717, 1.165) is 23.4 Å². The number of amides is 1. The van der Waals surface area contributed by atoms with Crippen LogP contribution < -0.4 is 5.32 Å². The number of hydrogen-bond donors (Lipinski definition) is 1. The molecule has 0 radical (unpaired) electrons. The van der Waals surface area contributed by atoms with Crippen molar-refractivity contribution < 1.29 is 9.18 Å². The zero-order valence-electron chi connectivity index (χ0n) is 12.8. The Labute approximate surface area is 138 Å². The number of pyridine rings is 1. The topological polar surface area (TPSA) is 42.0 Å². The van der Waals surface area contributed by atoms with E-state index < -0.39 is 0 Å². The summed E-state index contributed by atoms with van der Waals surface area (Å²) in [6, 6.07) is 10.00. The van der Waals surface area contributed by atoms with E-state index in [4.69, 9.17) is 0 Å². The number of carbonyl (C=O) groups is 1. The second-order valence-electron chi connectivity index (χ2n) is 5.30. The van der Waals surface area contributed by atoms with E-state index in [9.17, 15) is 9.18 Å². The lowest BCUT2D eigenvalue weighted by atomic mass is 10.1. The lowest BCUT2D eigenvalue weighted by molar-refractivity contribution is 0.0955. The summed E-state index contributed by atoms with van der Waals surface area (Å²) in [4.78, 5) is 18.1. The number of benzene rings is 1. The van der Waals surface area contributed by atoms with Gasteiger partial charge in [0.1, 0.15) is 5.82 Å². The van der Waals surface area contributed by atoms with Crippen LogP contribution in [0.1, 0.15) is 30.1 Å². The number of nitrogens with zero attached hydrogens (tertiary/aromatic N) is 1. The molecule has 0 atom stereocenters. The van der Waals surface area contributed by atoms with Gasteiger partial charge in [-0.15, -0.1) is 11.3 Å². The van der Waals surface area contributed by atoms with Crippen molar-refractivity contribution in [1.82, 2.24) is 10.3 Å². The first-order chi connectivity index (χ1) is 11.2. The van der Waals surface area contributed by atoms with Crippen LogP contribution in [-0.4, -0.2) is 17.4 Å². The highest BCUT2D eigenvalue weighted by Gasteiger charge is 2.14. The van der Waals surface area contributed by atoms with Crippen molar-refractivity contribution in [3.05, 3.63) is 53.2 Å². The average molecular weight is 328 g/mol. The molecule has 3 aromatic rings. The van der Waals surface area contributed by atoms with E-state index in [1.165, 1.54) is 12.1 Å². The number of rotatable bonds is 5. The minimum atomic E-state index is -0.370. The third-order valence-electron chi connectivity index (χ3n) is 3.60. The van der Waals surface area contributed by atoms with Crippen molar-refractivity contribution in [2.45, 2.75) is 19.8 Å². The highest BCUT2D eigenvalue weighted by Crippen LogP contribution is 2.28. The first-order valence-corrected chi connectivity index (χ1v) is 8.49. The molecule has 0 aliphatic heterocycles. The van der Waals surface area contributed by atoms with E-state index in [1.807, 2.05) is 17.5 Å². The smallest absolute Gasteiger partial charge is 0.252 e. The fourth-order valence-corrected chi connectivity index (χ4v) is 3.10. The van der Waals surface area contributed by atoms with Gasteiger partial charge in [0.2, 0.25) is 0 Å². The SMILES string of the molecule is CCCCNC(=O)c1cc(-c2cccs2)nc2ccc(F)cc12. The first-order valence-electron chi connectivity index (χ1n) is 7.61. The van der Waals surface area contributed by atoms with Crippen LogP contribution in [0.4, 0.5) is 4.39 Å². The predicted molar refractivity (Wildman–Crippen MR) is 92.3 cm³/mol. The van der Waals surface area contributed by atoms with E-state index in [0.29, 0.717) is 23.0 Å². The largest absolute Gasteiger partial charge is 0.352 e. The van der Waals surface area contributed by atoms with E-state index >= 15 is 0 Å². The summed E-state index contributed by atoms with van der Waals surface area (Å²) in [6.45, 7) is 2.68. The maximum absolute atomic E-state index is 13.6. The lowest BCUT2D eigenvalue weighted by Crippen LogP contribution is -2.24. The van der Waals surface area contributed by atoms with Crippen molar-refractivity contribution in [3.63, 3.8) is 0 Å². The molecule has 0 saturated heterocycles. The molecule has 23 heavy (non-hydrogen) atoms. The molecule has 0 spiro atoms. The number of carbonyl (C=O) groups excluding carboxylic acids is 1. The minimum absolute atomic E-state index is 0.186. The van der Waals surface area contributed by atoms with Gasteiger partial charge >= 0.3 is 0 Å². The molecular weight excluding hydrogens is 311 g/mol. The molecule has 1 amide bonds. The van der Waals surface area contributed by atoms with E-state index in [2.05, 4.69) is 17.2 Å². The van der Waals surface area contributed by atoms with Crippen LogP contribution in [-0.2, 0) is 0 Å². The van der Waals surface area contributed by atoms with Crippen molar-refractivity contribution in [2.24, 2.45) is 0 Å². The number of hydrogen-bond acceptors (Lipinski definition) is 3. The summed E-state index contributed by atoms with van der Waals surface area (Å²) < 4.78 is 13.6. The Morgan fingerprint density at radius 1 is 1.30 bits per heavy atom. The maximum Gasteiger partial charge on any atom is 0.252 e. The van der Waals surface area contributed by atoms with Crippen LogP contribution in [0, 0.1) is 5.82 Å². The number of aromatic nitrogens is 1. The Bertz CT molecular complexity index is 830. The van der Waals surface area contributed by atoms with Gasteiger partial charge in [0.15, 0.2) is 0 Å². The van der Waals surface area contributed by atoms with Gasteiger partial charge in [-0.3, -0.25) is 4.79 Å². The number of unbranched alkanes of at least 4 members (excludes halogenated alkanes) is 1. The van der Waals surface area contributed by atoms with Gasteiger partial charge in [-0.05, 0) is 42.1 Å². The molecule has 118 valence electrons. The fourth-order valence-electron chi connectivity index (χ4n) is 2.41. The molecule has 5 heteroatoms. The Hall–Kier alpha value is -2.27. The number of nitrogens with one attached hydrogen (secondary N) is 1. The molecule has 3 rings (SSSR count). The summed E-state index contributed by atoms with van der Waals surface area (Å²) in [5, 5.41) is 5.40. The highest BCUT2D eigenvalue weighted by atomic mass is 32.1. The number of fused-ring (bicyclic) bond motifs is 1. The number of halogens is 1. The fraction of sp³-hybridized carbons (Fsp3) is 0.222. The standard InChI is InChI=1S/C18H17FN2OS/c1-2-3-8-20-18(22)14-11-16(17-5-4-9-23-17)21-15-7-6-12(19)10-13(14)15/h4-7,9-11H,2-3,8H2,1H3,(H,20,22). The van der Waals surface area contributed by atoms with Gasteiger partial charge < -0.3 is 5.32 Å². The van der Waals surface area contributed by atoms with Crippen LogP contribution in [0.15, 0.2) is 41.8 Å². The van der Waals surface area contributed by atoms with E-state index in [1.54, 1.807) is 23.5 Å². The second-order valence-corrected chi connectivity index (χ2v) is 6.25. The normalized spacial score (nSPS) is 10.9. The zero-order chi connectivity index (χ0) is 16.2. The summed E-state index contributed by atoms with van der Waals surface area (Å²) in [6.07, 6.45) is 1.92. The van der Waals surface area contributed by atoms with Gasteiger partial charge in [-0.1, -0.05) is 19.4 Å². The zero-order valence-corrected chi connectivity index (χ0v) is 13.6. The van der Waals surface area contributed by atoms with Crippen molar-refractivity contribution in [2.75, 3.05) is 6.54 Å². The lowest BCUT2D eigenvalue weighted by Gasteiger charge is -2.10. The molecular formula is C18H17FN2OS. The van der Waals surface area contributed by atoms with Gasteiger partial charge in [0.25, 0.3) is 5.91 Å². The van der Waals surface area contributed by atoms with Crippen LogP contribution in [0.2, 0.25) is 0 Å². The maximum atomic E-state index is 13.6. The number of thiophene rings is 1. The molecule has 2 heterocycles. The molecule has 0 saturated carbocycles. The summed E-state index contributed by atoms with van der Waals surface area (Å²) >= 11 is 1.56. The monoisotopic (exact) mass is 328 g/mol. The molecule has 1 N–H and O–H groups in total. The van der Waals surface area contributed by atoms with Gasteiger partial charge in [0.05, 0.1) is 21.7 Å².